The zero-order chi connectivity index (χ0) is 22.9. The average Bonchev–Trinajstić information content (AvgIpc) is 3.19. The van der Waals surface area contributed by atoms with E-state index in [0.29, 0.717) is 37.5 Å². The first-order valence-electron chi connectivity index (χ1n) is 11.0. The van der Waals surface area contributed by atoms with Gasteiger partial charge in [0, 0.05) is 25.3 Å². The van der Waals surface area contributed by atoms with Crippen LogP contribution in [0.4, 0.5) is 11.5 Å². The first-order valence-corrected chi connectivity index (χ1v) is 12.0. The lowest BCUT2D eigenvalue weighted by Crippen LogP contribution is -2.53. The summed E-state index contributed by atoms with van der Waals surface area (Å²) in [6.45, 7) is 8.69. The van der Waals surface area contributed by atoms with Gasteiger partial charge >= 0.3 is 5.69 Å². The van der Waals surface area contributed by atoms with Crippen LogP contribution in [-0.4, -0.2) is 49.5 Å². The summed E-state index contributed by atoms with van der Waals surface area (Å²) >= 11 is 1.60. The zero-order valence-corrected chi connectivity index (χ0v) is 19.6. The number of unbranched alkanes of at least 4 members (excludes halogenated alkanes) is 1. The van der Waals surface area contributed by atoms with Gasteiger partial charge in [0.1, 0.15) is 11.9 Å². The minimum Gasteiger partial charge on any atom is -0.383 e. The molecule has 3 rings (SSSR count). The van der Waals surface area contributed by atoms with Gasteiger partial charge in [-0.15, -0.1) is 11.8 Å². The van der Waals surface area contributed by atoms with E-state index in [2.05, 4.69) is 4.98 Å². The molecule has 0 radical (unpaired) electrons. The number of aromatic amines is 1. The lowest BCUT2D eigenvalue weighted by Gasteiger charge is -2.33. The third-order valence-corrected chi connectivity index (χ3v) is 7.65. The Hall–Kier alpha value is -2.23. The van der Waals surface area contributed by atoms with E-state index in [1.54, 1.807) is 16.7 Å². The van der Waals surface area contributed by atoms with Crippen LogP contribution in [0.15, 0.2) is 9.59 Å². The molecule has 2 aliphatic heterocycles. The summed E-state index contributed by atoms with van der Waals surface area (Å²) in [4.78, 5) is 56.5. The molecule has 31 heavy (non-hydrogen) atoms. The Balaban J connectivity index is 2.04. The van der Waals surface area contributed by atoms with Crippen LogP contribution < -0.4 is 21.9 Å². The van der Waals surface area contributed by atoms with Crippen molar-refractivity contribution in [3.8, 4) is 0 Å². The van der Waals surface area contributed by atoms with Crippen LogP contribution in [0.1, 0.15) is 59.8 Å². The maximum absolute atomic E-state index is 13.7. The molecule has 172 valence electrons. The molecule has 1 aromatic rings. The molecule has 2 aliphatic rings. The molecule has 2 amide bonds. The fourth-order valence-electron chi connectivity index (χ4n) is 4.28. The molecule has 0 bridgehead atoms. The standard InChI is InChI=1S/C21H33N5O4S/c1-5-6-10-25-17(22)16(18(28)23-20(25)30)24(11-8-13(2)3)19(29)14-12-31-21(4)9-7-15(27)26(14)21/h13-14H,5-12,22H2,1-4H3,(H,23,28,30)/t14-,21+/m0/s1. The highest BCUT2D eigenvalue weighted by molar-refractivity contribution is 8.01. The number of nitrogens with zero attached hydrogens (tertiary/aromatic N) is 3. The molecule has 0 unspecified atom stereocenters. The van der Waals surface area contributed by atoms with Gasteiger partial charge in [0.05, 0.1) is 4.87 Å². The van der Waals surface area contributed by atoms with Gasteiger partial charge in [-0.05, 0) is 32.1 Å². The van der Waals surface area contributed by atoms with Crippen LogP contribution in [-0.2, 0) is 16.1 Å². The summed E-state index contributed by atoms with van der Waals surface area (Å²) in [5, 5.41) is 0. The van der Waals surface area contributed by atoms with Gasteiger partial charge in [-0.2, -0.15) is 0 Å². The Kier molecular flexibility index (Phi) is 6.88. The van der Waals surface area contributed by atoms with Crippen molar-refractivity contribution in [2.75, 3.05) is 22.9 Å². The number of hydrogen-bond donors (Lipinski definition) is 2. The SMILES string of the molecule is CCCCn1c(N)c(N(CCC(C)C)C(=O)[C@@H]2CS[C@]3(C)CCC(=O)N23)c(=O)[nH]c1=O. The van der Waals surface area contributed by atoms with E-state index >= 15 is 0 Å². The summed E-state index contributed by atoms with van der Waals surface area (Å²) in [7, 11) is 0. The van der Waals surface area contributed by atoms with E-state index in [4.69, 9.17) is 5.73 Å². The molecule has 0 spiro atoms. The first-order chi connectivity index (χ1) is 14.6. The molecule has 2 saturated heterocycles. The van der Waals surface area contributed by atoms with E-state index in [1.807, 2.05) is 27.7 Å². The molecule has 3 heterocycles. The number of amides is 2. The Morgan fingerprint density at radius 2 is 2.06 bits per heavy atom. The highest BCUT2D eigenvalue weighted by atomic mass is 32.2. The van der Waals surface area contributed by atoms with Crippen LogP contribution in [0.3, 0.4) is 0 Å². The number of nitrogens with two attached hydrogens (primary N) is 1. The van der Waals surface area contributed by atoms with Gasteiger partial charge in [0.25, 0.3) is 11.5 Å². The van der Waals surface area contributed by atoms with Crippen LogP contribution in [0.5, 0.6) is 0 Å². The van der Waals surface area contributed by atoms with Crippen molar-refractivity contribution >= 4 is 35.1 Å². The summed E-state index contributed by atoms with van der Waals surface area (Å²) in [5.41, 5.74) is 5.05. The Morgan fingerprint density at radius 1 is 1.35 bits per heavy atom. The molecule has 0 saturated carbocycles. The number of nitrogens with one attached hydrogen (secondary N) is 1. The normalized spacial score (nSPS) is 22.9. The third kappa shape index (κ3) is 4.40. The monoisotopic (exact) mass is 451 g/mol. The predicted octanol–water partition coefficient (Wildman–Crippen LogP) is 1.75. The lowest BCUT2D eigenvalue weighted by molar-refractivity contribution is -0.136. The molecule has 1 aromatic heterocycles. The van der Waals surface area contributed by atoms with Gasteiger partial charge in [0.15, 0.2) is 5.69 Å². The highest BCUT2D eigenvalue weighted by Gasteiger charge is 2.54. The van der Waals surface area contributed by atoms with Gasteiger partial charge in [-0.3, -0.25) is 23.9 Å². The topological polar surface area (TPSA) is 121 Å². The number of nitrogen functional groups attached to an aromatic ring is 1. The number of hydrogen-bond acceptors (Lipinski definition) is 6. The van der Waals surface area contributed by atoms with E-state index in [9.17, 15) is 19.2 Å². The Bertz CT molecular complexity index is 971. The summed E-state index contributed by atoms with van der Waals surface area (Å²) in [6, 6.07) is -0.646. The van der Waals surface area contributed by atoms with Crippen molar-refractivity contribution in [2.45, 2.75) is 77.3 Å². The number of carbonyl (C=O) groups excluding carboxylic acids is 2. The molecule has 0 aliphatic carbocycles. The zero-order valence-electron chi connectivity index (χ0n) is 18.8. The maximum Gasteiger partial charge on any atom is 0.330 e. The van der Waals surface area contributed by atoms with E-state index in [1.165, 1.54) is 9.47 Å². The molecule has 0 aromatic carbocycles. The largest absolute Gasteiger partial charge is 0.383 e. The fourth-order valence-corrected chi connectivity index (χ4v) is 5.70. The Labute approximate surface area is 186 Å². The fraction of sp³-hybridized carbons (Fsp3) is 0.714. The van der Waals surface area contributed by atoms with E-state index < -0.39 is 17.3 Å². The number of H-pyrrole nitrogens is 1. The summed E-state index contributed by atoms with van der Waals surface area (Å²) in [6.07, 6.45) is 3.35. The number of rotatable bonds is 8. The quantitative estimate of drug-likeness (QED) is 0.621. The number of anilines is 2. The first kappa shape index (κ1) is 23.4. The molecule has 3 N–H and O–H groups in total. The lowest BCUT2D eigenvalue weighted by atomic mass is 10.1. The Morgan fingerprint density at radius 3 is 2.71 bits per heavy atom. The van der Waals surface area contributed by atoms with Crippen LogP contribution >= 0.6 is 11.8 Å². The molecule has 2 atom stereocenters. The van der Waals surface area contributed by atoms with Crippen LogP contribution in [0.25, 0.3) is 0 Å². The average molecular weight is 452 g/mol. The van der Waals surface area contributed by atoms with Crippen molar-refractivity contribution in [3.05, 3.63) is 20.8 Å². The number of fused-ring (bicyclic) bond motifs is 1. The second kappa shape index (κ2) is 9.10. The predicted molar refractivity (Wildman–Crippen MR) is 123 cm³/mol. The maximum atomic E-state index is 13.7. The van der Waals surface area contributed by atoms with Crippen molar-refractivity contribution in [3.63, 3.8) is 0 Å². The smallest absolute Gasteiger partial charge is 0.330 e. The van der Waals surface area contributed by atoms with E-state index in [-0.39, 0.29) is 34.7 Å². The second-order valence-electron chi connectivity index (χ2n) is 8.94. The number of thioether (sulfide) groups is 1. The van der Waals surface area contributed by atoms with Crippen molar-refractivity contribution < 1.29 is 9.59 Å². The molecule has 9 nitrogen and oxygen atoms in total. The number of carbonyl (C=O) groups is 2. The van der Waals surface area contributed by atoms with Gasteiger partial charge in [-0.1, -0.05) is 27.2 Å². The second-order valence-corrected chi connectivity index (χ2v) is 10.4. The molecule has 2 fully saturated rings. The summed E-state index contributed by atoms with van der Waals surface area (Å²) in [5.74, 6) is 0.417. The van der Waals surface area contributed by atoms with Crippen molar-refractivity contribution in [1.82, 2.24) is 14.5 Å². The molecular weight excluding hydrogens is 418 g/mol. The van der Waals surface area contributed by atoms with Crippen molar-refractivity contribution in [2.24, 2.45) is 5.92 Å². The van der Waals surface area contributed by atoms with E-state index in [0.717, 1.165) is 12.8 Å². The minimum atomic E-state index is -0.673. The van der Waals surface area contributed by atoms with Crippen molar-refractivity contribution in [1.29, 1.82) is 0 Å². The van der Waals surface area contributed by atoms with Gasteiger partial charge in [0.2, 0.25) is 5.91 Å². The molecular formula is C21H33N5O4S. The molecule has 10 heteroatoms. The van der Waals surface area contributed by atoms with Crippen LogP contribution in [0.2, 0.25) is 0 Å². The summed E-state index contributed by atoms with van der Waals surface area (Å²) < 4.78 is 1.32. The van der Waals surface area contributed by atoms with Gasteiger partial charge < -0.3 is 15.5 Å². The third-order valence-electron chi connectivity index (χ3n) is 6.15. The highest BCUT2D eigenvalue weighted by Crippen LogP contribution is 2.47. The minimum absolute atomic E-state index is 0.000432. The van der Waals surface area contributed by atoms with Gasteiger partial charge in [-0.25, -0.2) is 4.79 Å². The van der Waals surface area contributed by atoms with Crippen LogP contribution in [0, 0.1) is 5.92 Å². The number of aromatic nitrogens is 2.